The number of hydrogen-bond acceptors (Lipinski definition) is 4. The molecule has 160 valence electrons. The summed E-state index contributed by atoms with van der Waals surface area (Å²) in [5, 5.41) is 5.77. The van der Waals surface area contributed by atoms with E-state index in [1.807, 2.05) is 24.3 Å². The Morgan fingerprint density at radius 1 is 1.23 bits per heavy atom. The first-order chi connectivity index (χ1) is 15.1. The van der Waals surface area contributed by atoms with Gasteiger partial charge >= 0.3 is 0 Å². The van der Waals surface area contributed by atoms with Crippen LogP contribution in [0.4, 0.5) is 5.69 Å². The average molecular weight is 418 g/mol. The molecule has 0 atom stereocenters. The fraction of sp³-hybridized carbons (Fsp3) is 0.280. The lowest BCUT2D eigenvalue weighted by atomic mass is 9.97. The predicted molar refractivity (Wildman–Crippen MR) is 120 cm³/mol. The second-order valence-electron chi connectivity index (χ2n) is 7.63. The molecule has 4 rings (SSSR count). The van der Waals surface area contributed by atoms with Crippen LogP contribution in [0.5, 0.6) is 11.5 Å². The number of fused-ring (bicyclic) bond motifs is 1. The lowest BCUT2D eigenvalue weighted by Crippen LogP contribution is -2.26. The minimum atomic E-state index is -0.375. The van der Waals surface area contributed by atoms with Crippen LogP contribution in [0.1, 0.15) is 48.0 Å². The van der Waals surface area contributed by atoms with Crippen molar-refractivity contribution in [1.29, 1.82) is 0 Å². The molecule has 0 saturated carbocycles. The predicted octanol–water partition coefficient (Wildman–Crippen LogP) is 4.69. The summed E-state index contributed by atoms with van der Waals surface area (Å²) in [6.07, 6.45) is 9.57. The number of nitrogens with one attached hydrogen (secondary N) is 2. The highest BCUT2D eigenvalue weighted by molar-refractivity contribution is 6.09. The molecule has 6 nitrogen and oxygen atoms in total. The molecule has 1 heterocycles. The van der Waals surface area contributed by atoms with Gasteiger partial charge in [-0.3, -0.25) is 9.59 Å². The zero-order valence-electron chi connectivity index (χ0n) is 17.6. The van der Waals surface area contributed by atoms with Gasteiger partial charge in [0.2, 0.25) is 0 Å². The minimum Gasteiger partial charge on any atom is -0.496 e. The molecule has 2 aliphatic rings. The Hall–Kier alpha value is -3.54. The molecule has 1 aliphatic heterocycles. The third kappa shape index (κ3) is 4.97. The molecule has 6 heteroatoms. The summed E-state index contributed by atoms with van der Waals surface area (Å²) < 4.78 is 11.1. The minimum absolute atomic E-state index is 0.162. The molecule has 0 fully saturated rings. The molecule has 0 unspecified atom stereocenters. The van der Waals surface area contributed by atoms with Gasteiger partial charge < -0.3 is 20.1 Å². The van der Waals surface area contributed by atoms with E-state index in [0.29, 0.717) is 29.3 Å². The third-order valence-electron chi connectivity index (χ3n) is 5.48. The fourth-order valence-electron chi connectivity index (χ4n) is 3.80. The number of rotatable bonds is 6. The average Bonchev–Trinajstić information content (AvgIpc) is 2.80. The smallest absolute Gasteiger partial charge is 0.291 e. The molecule has 2 aromatic rings. The standard InChI is InChI=1S/C25H26N2O4/c1-30-21-10-6-5-9-18(21)16-23-25(29)27-20-15-19(11-12-22(20)31-23)24(28)26-14-13-17-7-3-2-4-8-17/h5-7,9-12,15-16H,2-4,8,13-14H2,1H3,(H,26,28)(H,27,29)/b23-16-. The van der Waals surface area contributed by atoms with E-state index in [0.717, 1.165) is 24.8 Å². The van der Waals surface area contributed by atoms with Crippen LogP contribution in [-0.4, -0.2) is 25.5 Å². The Kier molecular flexibility index (Phi) is 6.36. The first-order valence-electron chi connectivity index (χ1n) is 10.6. The zero-order chi connectivity index (χ0) is 21.6. The van der Waals surface area contributed by atoms with Crippen LogP contribution in [0.2, 0.25) is 0 Å². The number of methoxy groups -OCH3 is 1. The van der Waals surface area contributed by atoms with Gasteiger partial charge in [0, 0.05) is 17.7 Å². The van der Waals surface area contributed by atoms with Crippen molar-refractivity contribution in [3.63, 3.8) is 0 Å². The maximum Gasteiger partial charge on any atom is 0.291 e. The summed E-state index contributed by atoms with van der Waals surface area (Å²) in [6.45, 7) is 0.608. The van der Waals surface area contributed by atoms with Crippen LogP contribution in [0.15, 0.2) is 59.9 Å². The van der Waals surface area contributed by atoms with Crippen molar-refractivity contribution < 1.29 is 19.1 Å². The summed E-state index contributed by atoms with van der Waals surface area (Å²) in [5.41, 5.74) is 3.12. The molecule has 0 aromatic heterocycles. The van der Waals surface area contributed by atoms with E-state index in [4.69, 9.17) is 9.47 Å². The zero-order valence-corrected chi connectivity index (χ0v) is 17.6. The molecule has 2 aromatic carbocycles. The van der Waals surface area contributed by atoms with Gasteiger partial charge in [-0.2, -0.15) is 0 Å². The van der Waals surface area contributed by atoms with Crippen LogP contribution >= 0.6 is 0 Å². The van der Waals surface area contributed by atoms with Gasteiger partial charge in [-0.25, -0.2) is 0 Å². The van der Waals surface area contributed by atoms with Crippen molar-refractivity contribution >= 4 is 23.6 Å². The Morgan fingerprint density at radius 2 is 2.10 bits per heavy atom. The normalized spacial score (nSPS) is 16.6. The lowest BCUT2D eigenvalue weighted by Gasteiger charge is -2.21. The summed E-state index contributed by atoms with van der Waals surface area (Å²) in [5.74, 6) is 0.761. The number of allylic oxidation sites excluding steroid dienone is 1. The number of carbonyl (C=O) groups is 2. The van der Waals surface area contributed by atoms with Crippen LogP contribution in [0.25, 0.3) is 6.08 Å². The molecular weight excluding hydrogens is 392 g/mol. The Bertz CT molecular complexity index is 1060. The number of benzene rings is 2. The van der Waals surface area contributed by atoms with E-state index in [1.165, 1.54) is 18.4 Å². The van der Waals surface area contributed by atoms with Crippen molar-refractivity contribution in [3.05, 3.63) is 71.0 Å². The van der Waals surface area contributed by atoms with Crippen molar-refractivity contribution in [2.45, 2.75) is 32.1 Å². The van der Waals surface area contributed by atoms with Gasteiger partial charge in [0.25, 0.3) is 11.8 Å². The molecule has 2 amide bonds. The van der Waals surface area contributed by atoms with Crippen molar-refractivity contribution in [1.82, 2.24) is 5.32 Å². The van der Waals surface area contributed by atoms with E-state index in [-0.39, 0.29) is 17.6 Å². The maximum atomic E-state index is 12.5. The summed E-state index contributed by atoms with van der Waals surface area (Å²) in [6, 6.07) is 12.4. The highest BCUT2D eigenvalue weighted by Crippen LogP contribution is 2.33. The lowest BCUT2D eigenvalue weighted by molar-refractivity contribution is -0.115. The molecule has 2 N–H and O–H groups in total. The second-order valence-corrected chi connectivity index (χ2v) is 7.63. The molecule has 0 spiro atoms. The number of anilines is 1. The van der Waals surface area contributed by atoms with E-state index < -0.39 is 0 Å². The van der Waals surface area contributed by atoms with Crippen molar-refractivity contribution in [2.24, 2.45) is 0 Å². The summed E-state index contributed by atoms with van der Waals surface area (Å²) in [7, 11) is 1.58. The molecule has 31 heavy (non-hydrogen) atoms. The van der Waals surface area contributed by atoms with Gasteiger partial charge in [0.15, 0.2) is 11.5 Å². The van der Waals surface area contributed by atoms with E-state index in [9.17, 15) is 9.59 Å². The van der Waals surface area contributed by atoms with Crippen LogP contribution in [0, 0.1) is 0 Å². The Balaban J connectivity index is 1.43. The van der Waals surface area contributed by atoms with E-state index >= 15 is 0 Å². The second kappa shape index (κ2) is 9.51. The molecular formula is C25H26N2O4. The maximum absolute atomic E-state index is 12.5. The first-order valence-corrected chi connectivity index (χ1v) is 10.6. The highest BCUT2D eigenvalue weighted by Gasteiger charge is 2.23. The third-order valence-corrected chi connectivity index (χ3v) is 5.48. The number of amides is 2. The van der Waals surface area contributed by atoms with E-state index in [1.54, 1.807) is 31.4 Å². The van der Waals surface area contributed by atoms with Crippen LogP contribution in [-0.2, 0) is 4.79 Å². The van der Waals surface area contributed by atoms with Gasteiger partial charge in [-0.05, 0) is 62.4 Å². The number of hydrogen-bond donors (Lipinski definition) is 2. The SMILES string of the molecule is COc1ccccc1/C=C1\Oc2ccc(C(=O)NCCC3=CCCCC3)cc2NC1=O. The van der Waals surface area contributed by atoms with Gasteiger partial charge in [-0.1, -0.05) is 29.8 Å². The first kappa shape index (κ1) is 20.7. The fourth-order valence-corrected chi connectivity index (χ4v) is 3.80. The number of carbonyl (C=O) groups excluding carboxylic acids is 2. The summed E-state index contributed by atoms with van der Waals surface area (Å²) >= 11 is 0. The van der Waals surface area contributed by atoms with Crippen molar-refractivity contribution in [2.75, 3.05) is 19.0 Å². The van der Waals surface area contributed by atoms with Gasteiger partial charge in [0.05, 0.1) is 12.8 Å². The molecule has 0 saturated heterocycles. The monoisotopic (exact) mass is 418 g/mol. The molecule has 0 bridgehead atoms. The summed E-state index contributed by atoms with van der Waals surface area (Å²) in [4.78, 5) is 25.1. The van der Waals surface area contributed by atoms with Gasteiger partial charge in [0.1, 0.15) is 5.75 Å². The topological polar surface area (TPSA) is 76.7 Å². The largest absolute Gasteiger partial charge is 0.496 e. The van der Waals surface area contributed by atoms with Crippen molar-refractivity contribution in [3.8, 4) is 11.5 Å². The molecule has 0 radical (unpaired) electrons. The Labute approximate surface area is 181 Å². The van der Waals surface area contributed by atoms with Gasteiger partial charge in [-0.15, -0.1) is 0 Å². The van der Waals surface area contributed by atoms with Crippen LogP contribution in [0.3, 0.4) is 0 Å². The quantitative estimate of drug-likeness (QED) is 0.527. The van der Waals surface area contributed by atoms with Crippen LogP contribution < -0.4 is 20.1 Å². The highest BCUT2D eigenvalue weighted by atomic mass is 16.5. The Morgan fingerprint density at radius 3 is 2.90 bits per heavy atom. The number of para-hydroxylation sites is 1. The molecule has 1 aliphatic carbocycles. The number of ether oxygens (including phenoxy) is 2. The van der Waals surface area contributed by atoms with E-state index in [2.05, 4.69) is 16.7 Å².